The first-order chi connectivity index (χ1) is 15.9. The molecule has 7 heteroatoms. The van der Waals surface area contributed by atoms with Crippen molar-refractivity contribution in [2.75, 3.05) is 6.61 Å². The number of fused-ring (bicyclic) bond motifs is 1. The maximum atomic E-state index is 13.2. The van der Waals surface area contributed by atoms with Crippen molar-refractivity contribution in [2.45, 2.75) is 19.8 Å². The molecule has 0 fully saturated rings. The van der Waals surface area contributed by atoms with E-state index in [9.17, 15) is 9.59 Å². The van der Waals surface area contributed by atoms with Crippen LogP contribution in [-0.4, -0.2) is 12.6 Å². The number of carbonyl (C=O) groups excluding carboxylic acids is 1. The van der Waals surface area contributed by atoms with Crippen molar-refractivity contribution in [2.24, 2.45) is 0 Å². The summed E-state index contributed by atoms with van der Waals surface area (Å²) in [6.07, 6.45) is 0.418. The summed E-state index contributed by atoms with van der Waals surface area (Å²) >= 11 is 12.0. The topological polar surface area (TPSA) is 65.7 Å². The van der Waals surface area contributed by atoms with Gasteiger partial charge in [0.15, 0.2) is 5.76 Å². The molecule has 0 aliphatic rings. The SMILES string of the molecule is Cc1ccc2oc(-c3ccccc3)c(OC(=O)CCCOc3ccc(Cl)cc3Cl)c(=O)c2c1. The fourth-order valence-corrected chi connectivity index (χ4v) is 3.78. The molecule has 0 radical (unpaired) electrons. The fraction of sp³-hybridized carbons (Fsp3) is 0.154. The molecule has 0 unspecified atom stereocenters. The van der Waals surface area contributed by atoms with E-state index in [1.807, 2.05) is 31.2 Å². The van der Waals surface area contributed by atoms with Crippen molar-refractivity contribution in [1.82, 2.24) is 0 Å². The number of ether oxygens (including phenoxy) is 2. The van der Waals surface area contributed by atoms with E-state index in [1.165, 1.54) is 0 Å². The van der Waals surface area contributed by atoms with E-state index < -0.39 is 11.4 Å². The number of carbonyl (C=O) groups is 1. The van der Waals surface area contributed by atoms with Crippen LogP contribution < -0.4 is 14.9 Å². The second-order valence-electron chi connectivity index (χ2n) is 7.46. The molecule has 1 heterocycles. The number of rotatable bonds is 7. The summed E-state index contributed by atoms with van der Waals surface area (Å²) in [6, 6.07) is 19.3. The molecule has 0 atom stereocenters. The van der Waals surface area contributed by atoms with Gasteiger partial charge < -0.3 is 13.9 Å². The first-order valence-corrected chi connectivity index (χ1v) is 11.1. The summed E-state index contributed by atoms with van der Waals surface area (Å²) in [6.45, 7) is 2.12. The van der Waals surface area contributed by atoms with Gasteiger partial charge in [0.05, 0.1) is 17.0 Å². The Balaban J connectivity index is 1.52. The zero-order chi connectivity index (χ0) is 23.4. The van der Waals surface area contributed by atoms with Crippen LogP contribution in [0.1, 0.15) is 18.4 Å². The average Bonchev–Trinajstić information content (AvgIpc) is 2.80. The number of esters is 1. The van der Waals surface area contributed by atoms with Gasteiger partial charge in [-0.05, 0) is 43.7 Å². The van der Waals surface area contributed by atoms with E-state index in [2.05, 4.69) is 0 Å². The average molecular weight is 483 g/mol. The predicted octanol–water partition coefficient (Wildman–Crippen LogP) is 6.84. The number of aryl methyl sites for hydroxylation is 1. The number of hydrogen-bond donors (Lipinski definition) is 0. The van der Waals surface area contributed by atoms with Crippen molar-refractivity contribution in [3.05, 3.63) is 92.6 Å². The van der Waals surface area contributed by atoms with E-state index >= 15 is 0 Å². The van der Waals surface area contributed by atoms with Crippen molar-refractivity contribution >= 4 is 40.1 Å². The van der Waals surface area contributed by atoms with Crippen LogP contribution in [0.4, 0.5) is 0 Å². The minimum absolute atomic E-state index is 0.0464. The Morgan fingerprint density at radius 3 is 2.55 bits per heavy atom. The molecular formula is C26H20Cl2O5. The van der Waals surface area contributed by atoms with Gasteiger partial charge in [0.2, 0.25) is 11.2 Å². The predicted molar refractivity (Wildman–Crippen MR) is 129 cm³/mol. The van der Waals surface area contributed by atoms with Crippen molar-refractivity contribution in [3.8, 4) is 22.8 Å². The third-order valence-corrected chi connectivity index (χ3v) is 5.46. The Hall–Kier alpha value is -3.28. The molecule has 4 aromatic rings. The van der Waals surface area contributed by atoms with Gasteiger partial charge >= 0.3 is 5.97 Å². The zero-order valence-electron chi connectivity index (χ0n) is 17.8. The summed E-state index contributed by atoms with van der Waals surface area (Å²) in [5, 5.41) is 1.26. The third-order valence-electron chi connectivity index (χ3n) is 4.93. The molecule has 0 saturated heterocycles. The van der Waals surface area contributed by atoms with Crippen LogP contribution in [0.25, 0.3) is 22.3 Å². The van der Waals surface area contributed by atoms with E-state index in [4.69, 9.17) is 37.1 Å². The van der Waals surface area contributed by atoms with E-state index in [0.29, 0.717) is 38.7 Å². The molecule has 1 aromatic heterocycles. The van der Waals surface area contributed by atoms with Gasteiger partial charge in [0.25, 0.3) is 0 Å². The van der Waals surface area contributed by atoms with Crippen LogP contribution in [0.2, 0.25) is 10.0 Å². The molecule has 0 amide bonds. The molecule has 168 valence electrons. The lowest BCUT2D eigenvalue weighted by Gasteiger charge is -2.11. The lowest BCUT2D eigenvalue weighted by atomic mass is 10.1. The smallest absolute Gasteiger partial charge is 0.311 e. The van der Waals surface area contributed by atoms with E-state index in [-0.39, 0.29) is 24.5 Å². The first-order valence-electron chi connectivity index (χ1n) is 10.3. The summed E-state index contributed by atoms with van der Waals surface area (Å²) in [7, 11) is 0. The number of halogens is 2. The molecule has 0 saturated carbocycles. The molecule has 33 heavy (non-hydrogen) atoms. The summed E-state index contributed by atoms with van der Waals surface area (Å²) < 4.78 is 17.1. The highest BCUT2D eigenvalue weighted by molar-refractivity contribution is 6.35. The number of hydrogen-bond acceptors (Lipinski definition) is 5. The van der Waals surface area contributed by atoms with Crippen molar-refractivity contribution in [1.29, 1.82) is 0 Å². The largest absolute Gasteiger partial charge is 0.492 e. The summed E-state index contributed by atoms with van der Waals surface area (Å²) in [4.78, 5) is 25.8. The quantitative estimate of drug-likeness (QED) is 0.213. The fourth-order valence-electron chi connectivity index (χ4n) is 3.32. The van der Waals surface area contributed by atoms with Crippen LogP contribution in [0, 0.1) is 6.92 Å². The lowest BCUT2D eigenvalue weighted by molar-refractivity contribution is -0.134. The second kappa shape index (κ2) is 10.1. The maximum Gasteiger partial charge on any atom is 0.311 e. The molecule has 0 bridgehead atoms. The van der Waals surface area contributed by atoms with Crippen LogP contribution in [0.3, 0.4) is 0 Å². The molecule has 0 N–H and O–H groups in total. The third kappa shape index (κ3) is 5.38. The first kappa shape index (κ1) is 22.9. The Morgan fingerprint density at radius 1 is 1.00 bits per heavy atom. The van der Waals surface area contributed by atoms with E-state index in [0.717, 1.165) is 5.56 Å². The summed E-state index contributed by atoms with van der Waals surface area (Å²) in [5.41, 5.74) is 1.58. The van der Waals surface area contributed by atoms with Gasteiger partial charge in [-0.25, -0.2) is 0 Å². The lowest BCUT2D eigenvalue weighted by Crippen LogP contribution is -2.16. The van der Waals surface area contributed by atoms with Crippen LogP contribution in [0.15, 0.2) is 75.9 Å². The molecule has 4 rings (SSSR count). The van der Waals surface area contributed by atoms with Gasteiger partial charge in [-0.2, -0.15) is 0 Å². The standard InChI is InChI=1S/C26H20Cl2O5/c1-16-9-11-21-19(14-16)24(30)26(25(32-21)17-6-3-2-4-7-17)33-23(29)8-5-13-31-22-12-10-18(27)15-20(22)28/h2-4,6-7,9-12,14-15H,5,8,13H2,1H3. The molecule has 0 aliphatic heterocycles. The Labute approximate surface area is 200 Å². The highest BCUT2D eigenvalue weighted by Gasteiger charge is 2.20. The maximum absolute atomic E-state index is 13.2. The van der Waals surface area contributed by atoms with Crippen LogP contribution in [-0.2, 0) is 4.79 Å². The van der Waals surface area contributed by atoms with Crippen LogP contribution in [0.5, 0.6) is 11.5 Å². The highest BCUT2D eigenvalue weighted by Crippen LogP contribution is 2.31. The minimum atomic E-state index is -0.558. The van der Waals surface area contributed by atoms with E-state index in [1.54, 1.807) is 42.5 Å². The van der Waals surface area contributed by atoms with Gasteiger partial charge in [0, 0.05) is 17.0 Å². The van der Waals surface area contributed by atoms with Crippen molar-refractivity contribution < 1.29 is 18.7 Å². The van der Waals surface area contributed by atoms with Crippen molar-refractivity contribution in [3.63, 3.8) is 0 Å². The molecule has 5 nitrogen and oxygen atoms in total. The van der Waals surface area contributed by atoms with Crippen LogP contribution >= 0.6 is 23.2 Å². The number of benzene rings is 3. The Morgan fingerprint density at radius 2 is 1.79 bits per heavy atom. The van der Waals surface area contributed by atoms with Gasteiger partial charge in [0.1, 0.15) is 11.3 Å². The molecule has 0 aliphatic carbocycles. The molecule has 3 aromatic carbocycles. The molecular weight excluding hydrogens is 463 g/mol. The minimum Gasteiger partial charge on any atom is -0.492 e. The zero-order valence-corrected chi connectivity index (χ0v) is 19.3. The van der Waals surface area contributed by atoms with Gasteiger partial charge in [-0.3, -0.25) is 9.59 Å². The monoisotopic (exact) mass is 482 g/mol. The highest BCUT2D eigenvalue weighted by atomic mass is 35.5. The van der Waals surface area contributed by atoms with Gasteiger partial charge in [-0.1, -0.05) is 65.2 Å². The van der Waals surface area contributed by atoms with Gasteiger partial charge in [-0.15, -0.1) is 0 Å². The Bertz CT molecular complexity index is 1360. The normalized spacial score (nSPS) is 10.9. The summed E-state index contributed by atoms with van der Waals surface area (Å²) in [5.74, 6) is 0.0177. The molecule has 0 spiro atoms. The second-order valence-corrected chi connectivity index (χ2v) is 8.30. The Kier molecular flexibility index (Phi) is 7.02.